The van der Waals surface area contributed by atoms with Crippen LogP contribution in [0.3, 0.4) is 0 Å². The van der Waals surface area contributed by atoms with Gasteiger partial charge in [0.15, 0.2) is 18.2 Å². The molecule has 0 unspecified atom stereocenters. The quantitative estimate of drug-likeness (QED) is 0.803. The number of anilines is 1. The van der Waals surface area contributed by atoms with E-state index in [2.05, 4.69) is 11.0 Å². The summed E-state index contributed by atoms with van der Waals surface area (Å²) >= 11 is 0. The lowest BCUT2D eigenvalue weighted by Gasteiger charge is -2.31. The number of rotatable bonds is 1. The molecular formula is C16H12N2O3. The topological polar surface area (TPSA) is 54.7 Å². The van der Waals surface area contributed by atoms with Gasteiger partial charge in [-0.3, -0.25) is 0 Å². The number of fused-ring (bicyclic) bond motifs is 2. The van der Waals surface area contributed by atoms with Gasteiger partial charge in [-0.15, -0.1) is 0 Å². The Morgan fingerprint density at radius 1 is 1.00 bits per heavy atom. The van der Waals surface area contributed by atoms with Crippen molar-refractivity contribution in [1.82, 2.24) is 0 Å². The molecule has 0 N–H and O–H groups in total. The fourth-order valence-electron chi connectivity index (χ4n) is 2.56. The van der Waals surface area contributed by atoms with Crippen molar-refractivity contribution in [3.8, 4) is 23.3 Å². The molecule has 0 bridgehead atoms. The minimum atomic E-state index is 0.256. The number of ether oxygens (including phenoxy) is 3. The maximum absolute atomic E-state index is 8.99. The summed E-state index contributed by atoms with van der Waals surface area (Å²) in [5.41, 5.74) is 2.66. The van der Waals surface area contributed by atoms with Gasteiger partial charge in [0.1, 0.15) is 5.75 Å². The Morgan fingerprint density at radius 3 is 2.71 bits per heavy atom. The maximum Gasteiger partial charge on any atom is 0.231 e. The van der Waals surface area contributed by atoms with Gasteiger partial charge in [0.05, 0.1) is 11.6 Å². The molecule has 0 radical (unpaired) electrons. The Bertz CT molecular complexity index is 752. The smallest absolute Gasteiger partial charge is 0.231 e. The van der Waals surface area contributed by atoms with Crippen LogP contribution in [0.5, 0.6) is 17.2 Å². The standard InChI is InChI=1S/C16H12N2O3/c17-7-11-2-1-3-13(4-11)18-8-12-5-15-16(21-10-20-15)6-14(12)19-9-18/h1-6H,8-10H2. The van der Waals surface area contributed by atoms with Crippen molar-refractivity contribution in [3.05, 3.63) is 47.5 Å². The summed E-state index contributed by atoms with van der Waals surface area (Å²) < 4.78 is 16.6. The van der Waals surface area contributed by atoms with Crippen LogP contribution < -0.4 is 19.1 Å². The molecule has 0 atom stereocenters. The summed E-state index contributed by atoms with van der Waals surface area (Å²) in [7, 11) is 0. The molecule has 21 heavy (non-hydrogen) atoms. The highest BCUT2D eigenvalue weighted by molar-refractivity contribution is 5.57. The molecule has 4 rings (SSSR count). The molecule has 5 nitrogen and oxygen atoms in total. The third kappa shape index (κ3) is 2.01. The van der Waals surface area contributed by atoms with E-state index in [1.54, 1.807) is 6.07 Å². The zero-order chi connectivity index (χ0) is 14.2. The summed E-state index contributed by atoms with van der Waals surface area (Å²) in [6, 6.07) is 13.5. The Balaban J connectivity index is 1.66. The zero-order valence-corrected chi connectivity index (χ0v) is 11.2. The molecule has 0 aliphatic carbocycles. The van der Waals surface area contributed by atoms with Crippen molar-refractivity contribution in [1.29, 1.82) is 5.26 Å². The van der Waals surface area contributed by atoms with E-state index in [4.69, 9.17) is 19.5 Å². The molecule has 0 saturated heterocycles. The summed E-state index contributed by atoms with van der Waals surface area (Å²) in [5.74, 6) is 2.31. The molecule has 104 valence electrons. The number of nitriles is 1. The van der Waals surface area contributed by atoms with Crippen LogP contribution in [0.1, 0.15) is 11.1 Å². The van der Waals surface area contributed by atoms with Gasteiger partial charge in [0.2, 0.25) is 6.79 Å². The van der Waals surface area contributed by atoms with E-state index < -0.39 is 0 Å². The summed E-state index contributed by atoms with van der Waals surface area (Å²) in [4.78, 5) is 2.07. The molecule has 2 aliphatic rings. The molecule has 2 heterocycles. The van der Waals surface area contributed by atoms with Crippen molar-refractivity contribution >= 4 is 5.69 Å². The first-order valence-corrected chi connectivity index (χ1v) is 6.64. The van der Waals surface area contributed by atoms with Crippen molar-refractivity contribution < 1.29 is 14.2 Å². The molecule has 2 aromatic carbocycles. The third-order valence-corrected chi connectivity index (χ3v) is 3.63. The number of nitrogens with zero attached hydrogens (tertiary/aromatic N) is 2. The SMILES string of the molecule is N#Cc1cccc(N2COc3cc4c(cc3C2)OCO4)c1. The number of hydrogen-bond donors (Lipinski definition) is 0. The predicted molar refractivity (Wildman–Crippen MR) is 75.4 cm³/mol. The van der Waals surface area contributed by atoms with Gasteiger partial charge in [-0.05, 0) is 24.3 Å². The van der Waals surface area contributed by atoms with Crippen LogP contribution in [-0.4, -0.2) is 13.5 Å². The highest BCUT2D eigenvalue weighted by Crippen LogP contribution is 2.40. The van der Waals surface area contributed by atoms with E-state index in [9.17, 15) is 0 Å². The van der Waals surface area contributed by atoms with Crippen LogP contribution in [0.15, 0.2) is 36.4 Å². The van der Waals surface area contributed by atoms with E-state index in [0.29, 0.717) is 18.8 Å². The van der Waals surface area contributed by atoms with Crippen molar-refractivity contribution in [2.75, 3.05) is 18.4 Å². The van der Waals surface area contributed by atoms with E-state index in [-0.39, 0.29) is 6.79 Å². The van der Waals surface area contributed by atoms with E-state index in [1.807, 2.05) is 30.3 Å². The second kappa shape index (κ2) is 4.60. The fourth-order valence-corrected chi connectivity index (χ4v) is 2.56. The summed E-state index contributed by atoms with van der Waals surface area (Å²) in [6.45, 7) is 1.41. The summed E-state index contributed by atoms with van der Waals surface area (Å²) in [5, 5.41) is 8.99. The molecule has 2 aliphatic heterocycles. The second-order valence-corrected chi connectivity index (χ2v) is 4.95. The molecule has 2 aromatic rings. The molecular weight excluding hydrogens is 268 g/mol. The lowest BCUT2D eigenvalue weighted by atomic mass is 10.1. The highest BCUT2D eigenvalue weighted by Gasteiger charge is 2.23. The van der Waals surface area contributed by atoms with Crippen LogP contribution in [0, 0.1) is 11.3 Å². The average molecular weight is 280 g/mol. The Morgan fingerprint density at radius 2 is 1.86 bits per heavy atom. The number of hydrogen-bond acceptors (Lipinski definition) is 5. The predicted octanol–water partition coefficient (Wildman–Crippen LogP) is 2.64. The fraction of sp³-hybridized carbons (Fsp3) is 0.188. The van der Waals surface area contributed by atoms with Crippen LogP contribution in [-0.2, 0) is 6.54 Å². The van der Waals surface area contributed by atoms with Crippen LogP contribution in [0.2, 0.25) is 0 Å². The minimum absolute atomic E-state index is 0.256. The van der Waals surface area contributed by atoms with Crippen molar-refractivity contribution in [3.63, 3.8) is 0 Å². The van der Waals surface area contributed by atoms with Crippen LogP contribution >= 0.6 is 0 Å². The molecule has 0 spiro atoms. The molecule has 0 saturated carbocycles. The van der Waals surface area contributed by atoms with Crippen molar-refractivity contribution in [2.45, 2.75) is 6.54 Å². The van der Waals surface area contributed by atoms with Crippen LogP contribution in [0.25, 0.3) is 0 Å². The highest BCUT2D eigenvalue weighted by atomic mass is 16.7. The average Bonchev–Trinajstić information content (AvgIpc) is 2.99. The monoisotopic (exact) mass is 280 g/mol. The number of benzene rings is 2. The molecule has 0 amide bonds. The maximum atomic E-state index is 8.99. The Kier molecular flexibility index (Phi) is 2.61. The largest absolute Gasteiger partial charge is 0.473 e. The Labute approximate surface area is 121 Å². The van der Waals surface area contributed by atoms with Gasteiger partial charge in [0.25, 0.3) is 0 Å². The second-order valence-electron chi connectivity index (χ2n) is 4.95. The molecule has 0 aromatic heterocycles. The minimum Gasteiger partial charge on any atom is -0.473 e. The van der Waals surface area contributed by atoms with E-state index >= 15 is 0 Å². The van der Waals surface area contributed by atoms with Gasteiger partial charge < -0.3 is 19.1 Å². The first-order chi connectivity index (χ1) is 10.3. The first-order valence-electron chi connectivity index (χ1n) is 6.64. The molecule has 5 heteroatoms. The first kappa shape index (κ1) is 11.9. The van der Waals surface area contributed by atoms with Gasteiger partial charge in [-0.1, -0.05) is 6.07 Å². The summed E-state index contributed by atoms with van der Waals surface area (Å²) in [6.07, 6.45) is 0. The normalized spacial score (nSPS) is 15.1. The van der Waals surface area contributed by atoms with Gasteiger partial charge >= 0.3 is 0 Å². The van der Waals surface area contributed by atoms with Crippen LogP contribution in [0.4, 0.5) is 5.69 Å². The van der Waals surface area contributed by atoms with Gasteiger partial charge in [-0.2, -0.15) is 5.26 Å². The lowest BCUT2D eigenvalue weighted by molar-refractivity contribution is 0.174. The Hall–Kier alpha value is -2.87. The van der Waals surface area contributed by atoms with Gasteiger partial charge in [-0.25, -0.2) is 0 Å². The van der Waals surface area contributed by atoms with E-state index in [1.165, 1.54) is 0 Å². The lowest BCUT2D eigenvalue weighted by Crippen LogP contribution is -2.31. The molecule has 0 fully saturated rings. The zero-order valence-electron chi connectivity index (χ0n) is 11.2. The third-order valence-electron chi connectivity index (χ3n) is 3.63. The van der Waals surface area contributed by atoms with E-state index in [0.717, 1.165) is 28.5 Å². The van der Waals surface area contributed by atoms with Gasteiger partial charge in [0, 0.05) is 23.9 Å². The van der Waals surface area contributed by atoms with Crippen molar-refractivity contribution in [2.24, 2.45) is 0 Å².